The zero-order valence-electron chi connectivity index (χ0n) is 11.5. The Hall–Kier alpha value is -1.61. The highest BCUT2D eigenvalue weighted by Crippen LogP contribution is 2.23. The minimum atomic E-state index is 0.611. The van der Waals surface area contributed by atoms with Crippen LogP contribution < -0.4 is 5.32 Å². The van der Waals surface area contributed by atoms with Crippen LogP contribution in [0.25, 0.3) is 0 Å². The standard InChI is InChI=1S/C16H21N3/c1-13-5-2-3-6-15(13)11-19-12-18-10-16(19)14-7-4-8-17-9-14/h2-3,5-6,10,12,14,17H,4,7-9,11H2,1H3. The lowest BCUT2D eigenvalue weighted by atomic mass is 9.96. The Labute approximate surface area is 114 Å². The lowest BCUT2D eigenvalue weighted by Crippen LogP contribution is -2.29. The van der Waals surface area contributed by atoms with Gasteiger partial charge in [0.1, 0.15) is 0 Å². The van der Waals surface area contributed by atoms with Gasteiger partial charge in [-0.3, -0.25) is 0 Å². The first kappa shape index (κ1) is 12.4. The van der Waals surface area contributed by atoms with Crippen molar-refractivity contribution in [2.24, 2.45) is 0 Å². The molecular formula is C16H21N3. The van der Waals surface area contributed by atoms with E-state index in [0.717, 1.165) is 19.6 Å². The molecule has 2 heterocycles. The van der Waals surface area contributed by atoms with E-state index in [1.807, 2.05) is 12.5 Å². The van der Waals surface area contributed by atoms with Crippen molar-refractivity contribution in [3.63, 3.8) is 0 Å². The summed E-state index contributed by atoms with van der Waals surface area (Å²) >= 11 is 0. The van der Waals surface area contributed by atoms with Gasteiger partial charge in [-0.1, -0.05) is 24.3 Å². The molecule has 3 heteroatoms. The monoisotopic (exact) mass is 255 g/mol. The largest absolute Gasteiger partial charge is 0.330 e. The molecule has 19 heavy (non-hydrogen) atoms. The van der Waals surface area contributed by atoms with Crippen LogP contribution in [0.15, 0.2) is 36.8 Å². The van der Waals surface area contributed by atoms with E-state index in [4.69, 9.17) is 0 Å². The van der Waals surface area contributed by atoms with Gasteiger partial charge in [-0.25, -0.2) is 4.98 Å². The van der Waals surface area contributed by atoms with Crippen LogP contribution in [-0.4, -0.2) is 22.6 Å². The van der Waals surface area contributed by atoms with Gasteiger partial charge in [0.2, 0.25) is 0 Å². The number of nitrogens with one attached hydrogen (secondary N) is 1. The Balaban J connectivity index is 1.82. The van der Waals surface area contributed by atoms with Crippen LogP contribution >= 0.6 is 0 Å². The first-order valence-corrected chi connectivity index (χ1v) is 7.10. The van der Waals surface area contributed by atoms with Crippen molar-refractivity contribution < 1.29 is 0 Å². The highest BCUT2D eigenvalue weighted by Gasteiger charge is 2.18. The molecule has 0 spiro atoms. The zero-order chi connectivity index (χ0) is 13.1. The van der Waals surface area contributed by atoms with Gasteiger partial charge in [-0.2, -0.15) is 0 Å². The molecule has 1 fully saturated rings. The fourth-order valence-electron chi connectivity index (χ4n) is 2.88. The molecule has 0 amide bonds. The lowest BCUT2D eigenvalue weighted by Gasteiger charge is -2.24. The molecule has 1 aromatic carbocycles. The van der Waals surface area contributed by atoms with Gasteiger partial charge >= 0.3 is 0 Å². The number of nitrogens with zero attached hydrogens (tertiary/aromatic N) is 2. The summed E-state index contributed by atoms with van der Waals surface area (Å²) in [4.78, 5) is 4.36. The molecule has 3 nitrogen and oxygen atoms in total. The predicted octanol–water partition coefficient (Wildman–Crippen LogP) is 2.71. The van der Waals surface area contributed by atoms with Crippen LogP contribution in [0.5, 0.6) is 0 Å². The molecular weight excluding hydrogens is 234 g/mol. The van der Waals surface area contributed by atoms with Gasteiger partial charge < -0.3 is 9.88 Å². The molecule has 0 saturated carbocycles. The summed E-state index contributed by atoms with van der Waals surface area (Å²) in [5, 5.41) is 3.48. The van der Waals surface area contributed by atoms with E-state index in [0.29, 0.717) is 5.92 Å². The second-order valence-electron chi connectivity index (χ2n) is 5.42. The van der Waals surface area contributed by atoms with E-state index < -0.39 is 0 Å². The molecule has 1 aliphatic heterocycles. The van der Waals surface area contributed by atoms with Crippen molar-refractivity contribution in [1.29, 1.82) is 0 Å². The van der Waals surface area contributed by atoms with Crippen LogP contribution in [0.3, 0.4) is 0 Å². The van der Waals surface area contributed by atoms with Gasteiger partial charge in [0.25, 0.3) is 0 Å². The van der Waals surface area contributed by atoms with Crippen molar-refractivity contribution >= 4 is 0 Å². The molecule has 1 atom stereocenters. The Morgan fingerprint density at radius 3 is 3.05 bits per heavy atom. The minimum Gasteiger partial charge on any atom is -0.330 e. The van der Waals surface area contributed by atoms with E-state index in [-0.39, 0.29) is 0 Å². The lowest BCUT2D eigenvalue weighted by molar-refractivity contribution is 0.444. The van der Waals surface area contributed by atoms with Gasteiger partial charge in [0.05, 0.1) is 6.33 Å². The first-order chi connectivity index (χ1) is 9.34. The number of hydrogen-bond acceptors (Lipinski definition) is 2. The average molecular weight is 255 g/mol. The van der Waals surface area contributed by atoms with Crippen LogP contribution in [0.2, 0.25) is 0 Å². The number of aromatic nitrogens is 2. The highest BCUT2D eigenvalue weighted by molar-refractivity contribution is 5.26. The van der Waals surface area contributed by atoms with Gasteiger partial charge in [-0.05, 0) is 37.4 Å². The van der Waals surface area contributed by atoms with Gasteiger partial charge in [-0.15, -0.1) is 0 Å². The van der Waals surface area contributed by atoms with E-state index in [1.165, 1.54) is 29.7 Å². The number of aryl methyl sites for hydroxylation is 1. The maximum atomic E-state index is 4.36. The Kier molecular flexibility index (Phi) is 3.65. The van der Waals surface area contributed by atoms with E-state index >= 15 is 0 Å². The smallest absolute Gasteiger partial charge is 0.0951 e. The Morgan fingerprint density at radius 1 is 1.37 bits per heavy atom. The summed E-state index contributed by atoms with van der Waals surface area (Å²) < 4.78 is 2.31. The number of imidazole rings is 1. The fraction of sp³-hybridized carbons (Fsp3) is 0.438. The fourth-order valence-corrected chi connectivity index (χ4v) is 2.88. The molecule has 1 aliphatic rings. The van der Waals surface area contributed by atoms with Crippen molar-refractivity contribution in [3.8, 4) is 0 Å². The third kappa shape index (κ3) is 2.71. The summed E-state index contributed by atoms with van der Waals surface area (Å²) in [6.45, 7) is 5.34. The predicted molar refractivity (Wildman–Crippen MR) is 77.4 cm³/mol. The van der Waals surface area contributed by atoms with Crippen LogP contribution in [0, 0.1) is 6.92 Å². The van der Waals surface area contributed by atoms with Crippen molar-refractivity contribution in [1.82, 2.24) is 14.9 Å². The summed E-state index contributed by atoms with van der Waals surface area (Å²) in [6, 6.07) is 8.59. The van der Waals surface area contributed by atoms with Crippen LogP contribution in [0.1, 0.15) is 35.6 Å². The third-order valence-electron chi connectivity index (χ3n) is 4.06. The van der Waals surface area contributed by atoms with E-state index in [9.17, 15) is 0 Å². The molecule has 1 N–H and O–H groups in total. The number of rotatable bonds is 3. The van der Waals surface area contributed by atoms with Gasteiger partial charge in [0, 0.05) is 30.9 Å². The van der Waals surface area contributed by atoms with Crippen LogP contribution in [-0.2, 0) is 6.54 Å². The molecule has 2 aromatic rings. The zero-order valence-corrected chi connectivity index (χ0v) is 11.5. The summed E-state index contributed by atoms with van der Waals surface area (Å²) in [7, 11) is 0. The minimum absolute atomic E-state index is 0.611. The SMILES string of the molecule is Cc1ccccc1Cn1cncc1C1CCCNC1. The molecule has 0 radical (unpaired) electrons. The molecule has 0 bridgehead atoms. The van der Waals surface area contributed by atoms with Crippen molar-refractivity contribution in [2.75, 3.05) is 13.1 Å². The molecule has 1 saturated heterocycles. The second kappa shape index (κ2) is 5.57. The van der Waals surface area contributed by atoms with Crippen LogP contribution in [0.4, 0.5) is 0 Å². The topological polar surface area (TPSA) is 29.9 Å². The molecule has 1 aromatic heterocycles. The summed E-state index contributed by atoms with van der Waals surface area (Å²) in [5.74, 6) is 0.611. The van der Waals surface area contributed by atoms with Crippen molar-refractivity contribution in [3.05, 3.63) is 53.6 Å². The molecule has 100 valence electrons. The number of benzene rings is 1. The first-order valence-electron chi connectivity index (χ1n) is 7.10. The van der Waals surface area contributed by atoms with Crippen molar-refractivity contribution in [2.45, 2.75) is 32.2 Å². The third-order valence-corrected chi connectivity index (χ3v) is 4.06. The van der Waals surface area contributed by atoms with E-state index in [2.05, 4.69) is 46.1 Å². The highest BCUT2D eigenvalue weighted by atomic mass is 15.1. The Morgan fingerprint density at radius 2 is 2.26 bits per heavy atom. The van der Waals surface area contributed by atoms with E-state index in [1.54, 1.807) is 0 Å². The normalized spacial score (nSPS) is 19.5. The second-order valence-corrected chi connectivity index (χ2v) is 5.42. The average Bonchev–Trinajstić information content (AvgIpc) is 2.91. The molecule has 3 rings (SSSR count). The van der Waals surface area contributed by atoms with Gasteiger partial charge in [0.15, 0.2) is 0 Å². The summed E-state index contributed by atoms with van der Waals surface area (Å²) in [5.41, 5.74) is 4.10. The molecule has 1 unspecified atom stereocenters. The quantitative estimate of drug-likeness (QED) is 0.914. The maximum Gasteiger partial charge on any atom is 0.0951 e. The molecule has 0 aliphatic carbocycles. The number of piperidine rings is 1. The summed E-state index contributed by atoms with van der Waals surface area (Å²) in [6.07, 6.45) is 6.54. The number of hydrogen-bond donors (Lipinski definition) is 1. The Bertz CT molecular complexity index is 538. The maximum absolute atomic E-state index is 4.36.